The highest BCUT2D eigenvalue weighted by Gasteiger charge is 2.31. The molecule has 2 heterocycles. The van der Waals surface area contributed by atoms with Crippen LogP contribution in [0, 0.1) is 11.3 Å². The molecule has 234 valence electrons. The summed E-state index contributed by atoms with van der Waals surface area (Å²) in [5.41, 5.74) is 6.01. The van der Waals surface area contributed by atoms with Crippen molar-refractivity contribution in [2.24, 2.45) is 11.7 Å². The highest BCUT2D eigenvalue weighted by Crippen LogP contribution is 2.31. The Morgan fingerprint density at radius 3 is 2.52 bits per heavy atom. The summed E-state index contributed by atoms with van der Waals surface area (Å²) < 4.78 is 40.2. The zero-order valence-electron chi connectivity index (χ0n) is 24.4. The Bertz CT molecular complexity index is 1600. The van der Waals surface area contributed by atoms with Crippen molar-refractivity contribution in [2.45, 2.75) is 45.3 Å². The quantitative estimate of drug-likeness (QED) is 0.118. The number of pyridine rings is 1. The Hall–Kier alpha value is -4.65. The van der Waals surface area contributed by atoms with Crippen LogP contribution in [0.1, 0.15) is 50.4 Å². The van der Waals surface area contributed by atoms with Crippen molar-refractivity contribution in [1.29, 1.82) is 5.41 Å². The maximum absolute atomic E-state index is 13.6. The molecule has 0 aliphatic carbocycles. The van der Waals surface area contributed by atoms with Crippen LogP contribution < -0.4 is 27.2 Å². The van der Waals surface area contributed by atoms with E-state index in [4.69, 9.17) is 22.7 Å². The maximum Gasteiger partial charge on any atom is 0.432 e. The number of nitrogens with one attached hydrogen (secondary N) is 4. The monoisotopic (exact) mass is 630 g/mol. The van der Waals surface area contributed by atoms with Crippen molar-refractivity contribution >= 4 is 35.6 Å². The Balaban J connectivity index is 2.09. The fraction of sp³-hybridized carbons (Fsp3) is 0.300. The first kappa shape index (κ1) is 33.8. The van der Waals surface area contributed by atoms with Gasteiger partial charge in [-0.2, -0.15) is 13.2 Å². The molecule has 1 aromatic carbocycles. The standard InChI is InChI=1S/C30H34ClF3N8O2/c1-18(2)5-4-6-26(24-11-19(9-10-38-24)29(37-3)25(14-35)41-17-43)42-16-40-23(13-28(42)44)21-12-20(31)7-8-22(21)39-15-27(36)30(32,33)34/h7-18,26,35,37,39H,4-6,36H2,1-3H3,(H,41,43)/b27-15-,29-25+,35-14?. The Labute approximate surface area is 257 Å². The zero-order valence-corrected chi connectivity index (χ0v) is 25.1. The summed E-state index contributed by atoms with van der Waals surface area (Å²) in [4.78, 5) is 33.7. The molecule has 0 saturated carbocycles. The molecule has 0 radical (unpaired) electrons. The molecule has 0 bridgehead atoms. The van der Waals surface area contributed by atoms with E-state index in [-0.39, 0.29) is 17.1 Å². The van der Waals surface area contributed by atoms with Gasteiger partial charge in [0.2, 0.25) is 6.41 Å². The van der Waals surface area contributed by atoms with Gasteiger partial charge in [-0.25, -0.2) is 4.98 Å². The second-order valence-corrected chi connectivity index (χ2v) is 10.6. The van der Waals surface area contributed by atoms with Gasteiger partial charge in [-0.3, -0.25) is 19.1 Å². The van der Waals surface area contributed by atoms with Crippen molar-refractivity contribution < 1.29 is 18.0 Å². The fourth-order valence-electron chi connectivity index (χ4n) is 4.50. The van der Waals surface area contributed by atoms with Crippen LogP contribution in [-0.2, 0) is 4.79 Å². The van der Waals surface area contributed by atoms with Crippen LogP contribution in [0.2, 0.25) is 5.02 Å². The molecular formula is C30H34ClF3N8O2. The molecule has 6 N–H and O–H groups in total. The minimum absolute atomic E-state index is 0.189. The van der Waals surface area contributed by atoms with Gasteiger partial charge in [-0.15, -0.1) is 0 Å². The number of hydrogen-bond acceptors (Lipinski definition) is 8. The molecule has 3 aromatic rings. The summed E-state index contributed by atoms with van der Waals surface area (Å²) in [6.07, 6.45) is 2.60. The molecule has 1 unspecified atom stereocenters. The average molecular weight is 631 g/mol. The molecule has 0 spiro atoms. The number of anilines is 1. The van der Waals surface area contributed by atoms with Crippen molar-refractivity contribution in [3.8, 4) is 11.3 Å². The zero-order chi connectivity index (χ0) is 32.4. The van der Waals surface area contributed by atoms with Crippen molar-refractivity contribution in [3.63, 3.8) is 0 Å². The molecule has 0 fully saturated rings. The third kappa shape index (κ3) is 8.69. The van der Waals surface area contributed by atoms with Crippen molar-refractivity contribution in [3.05, 3.63) is 93.2 Å². The van der Waals surface area contributed by atoms with E-state index in [0.29, 0.717) is 52.5 Å². The second-order valence-electron chi connectivity index (χ2n) is 10.2. The minimum atomic E-state index is -4.72. The van der Waals surface area contributed by atoms with Crippen LogP contribution in [0.15, 0.2) is 71.3 Å². The first-order valence-electron chi connectivity index (χ1n) is 13.7. The number of nitrogens with zero attached hydrogens (tertiary/aromatic N) is 3. The van der Waals surface area contributed by atoms with Gasteiger partial charge in [0.1, 0.15) is 5.70 Å². The van der Waals surface area contributed by atoms with Gasteiger partial charge in [0.05, 0.1) is 35.2 Å². The van der Waals surface area contributed by atoms with Gasteiger partial charge in [0, 0.05) is 53.6 Å². The SMILES string of the molecule is CN/C(=C(\C=N)NC=O)c1ccnc(C(CCCC(C)C)n2cnc(-c3cc(Cl)ccc3N/C=C(\N)C(F)(F)F)cc2=O)c1. The van der Waals surface area contributed by atoms with Gasteiger partial charge in [0.25, 0.3) is 5.56 Å². The lowest BCUT2D eigenvalue weighted by Gasteiger charge is -2.21. The number of aromatic nitrogens is 3. The van der Waals surface area contributed by atoms with Crippen LogP contribution in [0.5, 0.6) is 0 Å². The van der Waals surface area contributed by atoms with Crippen LogP contribution >= 0.6 is 11.6 Å². The van der Waals surface area contributed by atoms with Crippen molar-refractivity contribution in [2.75, 3.05) is 12.4 Å². The van der Waals surface area contributed by atoms with Gasteiger partial charge >= 0.3 is 6.18 Å². The summed E-state index contributed by atoms with van der Waals surface area (Å²) in [6, 6.07) is 8.69. The minimum Gasteiger partial charge on any atom is -0.394 e. The normalized spacial score (nSPS) is 13.2. The number of allylic oxidation sites excluding steroid dienone is 2. The van der Waals surface area contributed by atoms with E-state index in [0.717, 1.165) is 19.1 Å². The molecule has 0 saturated heterocycles. The summed E-state index contributed by atoms with van der Waals surface area (Å²) in [6.45, 7) is 4.21. The van der Waals surface area contributed by atoms with Crippen LogP contribution in [0.3, 0.4) is 0 Å². The molecule has 3 rings (SSSR count). The lowest BCUT2D eigenvalue weighted by Crippen LogP contribution is -2.26. The lowest BCUT2D eigenvalue weighted by atomic mass is 9.99. The number of carbonyl (C=O) groups excluding carboxylic acids is 1. The summed E-state index contributed by atoms with van der Waals surface area (Å²) in [5, 5.41) is 16.0. The molecule has 44 heavy (non-hydrogen) atoms. The molecule has 1 atom stereocenters. The van der Waals surface area contributed by atoms with Crippen molar-refractivity contribution in [1.82, 2.24) is 25.2 Å². The van der Waals surface area contributed by atoms with E-state index in [9.17, 15) is 22.8 Å². The lowest BCUT2D eigenvalue weighted by molar-refractivity contribution is -0.108. The molecule has 2 aromatic heterocycles. The van der Waals surface area contributed by atoms with Gasteiger partial charge in [-0.1, -0.05) is 38.3 Å². The van der Waals surface area contributed by atoms with Crippen LogP contribution in [0.25, 0.3) is 17.0 Å². The van der Waals surface area contributed by atoms with E-state index in [1.165, 1.54) is 35.2 Å². The van der Waals surface area contributed by atoms with Gasteiger partial charge < -0.3 is 27.1 Å². The topological polar surface area (TPSA) is 151 Å². The van der Waals surface area contributed by atoms with E-state index >= 15 is 0 Å². The average Bonchev–Trinajstić information content (AvgIpc) is 2.98. The van der Waals surface area contributed by atoms with E-state index in [1.807, 2.05) is 0 Å². The number of halogens is 4. The summed E-state index contributed by atoms with van der Waals surface area (Å²) >= 11 is 6.18. The fourth-order valence-corrected chi connectivity index (χ4v) is 4.67. The largest absolute Gasteiger partial charge is 0.432 e. The molecule has 10 nitrogen and oxygen atoms in total. The summed E-state index contributed by atoms with van der Waals surface area (Å²) in [5.74, 6) is 0.435. The van der Waals surface area contributed by atoms with E-state index in [2.05, 4.69) is 39.8 Å². The number of rotatable bonds is 14. The number of benzene rings is 1. The van der Waals surface area contributed by atoms with E-state index < -0.39 is 23.5 Å². The predicted octanol–water partition coefficient (Wildman–Crippen LogP) is 5.43. The first-order valence-corrected chi connectivity index (χ1v) is 14.0. The molecule has 14 heteroatoms. The molecule has 1 amide bonds. The smallest absolute Gasteiger partial charge is 0.394 e. The summed E-state index contributed by atoms with van der Waals surface area (Å²) in [7, 11) is 1.66. The first-order chi connectivity index (χ1) is 20.9. The predicted molar refractivity (Wildman–Crippen MR) is 166 cm³/mol. The molecule has 0 aliphatic heterocycles. The Kier molecular flexibility index (Phi) is 11.7. The number of amides is 1. The van der Waals surface area contributed by atoms with Gasteiger partial charge in [-0.05, 0) is 42.7 Å². The van der Waals surface area contributed by atoms with Crippen LogP contribution in [0.4, 0.5) is 18.9 Å². The number of nitrogens with two attached hydrogens (primary N) is 1. The number of alkyl halides is 3. The Morgan fingerprint density at radius 1 is 1.16 bits per heavy atom. The molecular weight excluding hydrogens is 597 g/mol. The van der Waals surface area contributed by atoms with Gasteiger partial charge in [0.15, 0.2) is 0 Å². The third-order valence-electron chi connectivity index (χ3n) is 6.69. The third-order valence-corrected chi connectivity index (χ3v) is 6.92. The highest BCUT2D eigenvalue weighted by atomic mass is 35.5. The number of carbonyl (C=O) groups is 1. The van der Waals surface area contributed by atoms with E-state index in [1.54, 1.807) is 25.4 Å². The Morgan fingerprint density at radius 2 is 1.91 bits per heavy atom. The highest BCUT2D eigenvalue weighted by molar-refractivity contribution is 6.31. The number of hydrogen-bond donors (Lipinski definition) is 5. The second kappa shape index (κ2) is 15.2. The maximum atomic E-state index is 13.6. The van der Waals surface area contributed by atoms with Crippen LogP contribution in [-0.4, -0.2) is 40.4 Å². The molecule has 0 aliphatic rings.